The smallest absolute Gasteiger partial charge is 0.307 e. The van der Waals surface area contributed by atoms with Crippen LogP contribution >= 0.6 is 0 Å². The second-order valence-corrected chi connectivity index (χ2v) is 5.14. The number of rotatable bonds is 3. The minimum Gasteiger partial charge on any atom is -0.352 e. The fraction of sp³-hybridized carbons (Fsp3) is 0.357. The highest BCUT2D eigenvalue weighted by atomic mass is 16.6. The molecule has 20 heavy (non-hydrogen) atoms. The van der Waals surface area contributed by atoms with Gasteiger partial charge < -0.3 is 4.90 Å². The Morgan fingerprint density at radius 3 is 3.05 bits per heavy atom. The van der Waals surface area contributed by atoms with Crippen molar-refractivity contribution in [2.75, 3.05) is 11.4 Å². The van der Waals surface area contributed by atoms with Crippen molar-refractivity contribution in [2.45, 2.75) is 26.4 Å². The monoisotopic (exact) mass is 272 g/mol. The van der Waals surface area contributed by atoms with E-state index in [9.17, 15) is 10.1 Å². The van der Waals surface area contributed by atoms with Gasteiger partial charge in [-0.05, 0) is 31.4 Å². The van der Waals surface area contributed by atoms with Crippen molar-refractivity contribution in [2.24, 2.45) is 0 Å². The number of benzene rings is 1. The van der Waals surface area contributed by atoms with Crippen LogP contribution in [0.2, 0.25) is 0 Å². The molecule has 104 valence electrons. The Morgan fingerprint density at radius 2 is 2.30 bits per heavy atom. The van der Waals surface area contributed by atoms with E-state index in [0.717, 1.165) is 19.4 Å². The Morgan fingerprint density at radius 1 is 1.45 bits per heavy atom. The van der Waals surface area contributed by atoms with Crippen LogP contribution in [0.25, 0.3) is 0 Å². The maximum atomic E-state index is 10.7. The van der Waals surface area contributed by atoms with Crippen LogP contribution in [0, 0.1) is 17.0 Å². The summed E-state index contributed by atoms with van der Waals surface area (Å²) in [5, 5.41) is 14.7. The number of fused-ring (bicyclic) bond motifs is 1. The van der Waals surface area contributed by atoms with Gasteiger partial charge in [-0.25, -0.2) is 4.68 Å². The summed E-state index contributed by atoms with van der Waals surface area (Å²) >= 11 is 0. The normalized spacial score (nSPS) is 14.2. The summed E-state index contributed by atoms with van der Waals surface area (Å²) < 4.78 is 1.62. The lowest BCUT2D eigenvalue weighted by Gasteiger charge is -2.31. The van der Waals surface area contributed by atoms with Crippen molar-refractivity contribution in [3.05, 3.63) is 51.8 Å². The molecule has 0 aliphatic carbocycles. The third-order valence-electron chi connectivity index (χ3n) is 3.60. The molecule has 6 nitrogen and oxygen atoms in total. The van der Waals surface area contributed by atoms with Crippen LogP contribution in [-0.4, -0.2) is 21.2 Å². The average molecular weight is 272 g/mol. The molecule has 0 amide bonds. The fourth-order valence-corrected chi connectivity index (χ4v) is 2.65. The Labute approximate surface area is 116 Å². The molecule has 0 bridgehead atoms. The molecule has 0 atom stereocenters. The van der Waals surface area contributed by atoms with E-state index in [1.54, 1.807) is 4.68 Å². The zero-order valence-electron chi connectivity index (χ0n) is 11.3. The standard InChI is InChI=1S/C14H16N4O2/c1-11-4-5-14-12(7-11)3-2-6-16(14)10-17-9-13(8-15-17)18(19)20/h4-5,7-9H,2-3,6,10H2,1H3. The number of hydrogen-bond donors (Lipinski definition) is 0. The van der Waals surface area contributed by atoms with Crippen molar-refractivity contribution >= 4 is 11.4 Å². The van der Waals surface area contributed by atoms with Gasteiger partial charge in [0.1, 0.15) is 19.1 Å². The van der Waals surface area contributed by atoms with Crippen LogP contribution in [0.15, 0.2) is 30.6 Å². The summed E-state index contributed by atoms with van der Waals surface area (Å²) in [6.45, 7) is 3.59. The quantitative estimate of drug-likeness (QED) is 0.636. The maximum Gasteiger partial charge on any atom is 0.307 e. The van der Waals surface area contributed by atoms with Crippen LogP contribution in [-0.2, 0) is 13.1 Å². The summed E-state index contributed by atoms with van der Waals surface area (Å²) in [7, 11) is 0. The summed E-state index contributed by atoms with van der Waals surface area (Å²) in [4.78, 5) is 12.5. The number of nitro groups is 1. The van der Waals surface area contributed by atoms with E-state index >= 15 is 0 Å². The summed E-state index contributed by atoms with van der Waals surface area (Å²) in [6, 6.07) is 6.44. The van der Waals surface area contributed by atoms with Gasteiger partial charge in [0.05, 0.1) is 4.92 Å². The Hall–Kier alpha value is -2.37. The molecule has 1 aliphatic rings. The minimum absolute atomic E-state index is 0.0335. The fourth-order valence-electron chi connectivity index (χ4n) is 2.65. The van der Waals surface area contributed by atoms with Gasteiger partial charge in [0.15, 0.2) is 0 Å². The highest BCUT2D eigenvalue weighted by Gasteiger charge is 2.18. The molecule has 2 heterocycles. The molecule has 2 aromatic rings. The van der Waals surface area contributed by atoms with Crippen molar-refractivity contribution in [3.63, 3.8) is 0 Å². The van der Waals surface area contributed by atoms with Gasteiger partial charge >= 0.3 is 5.69 Å². The number of aromatic nitrogens is 2. The lowest BCUT2D eigenvalue weighted by molar-refractivity contribution is -0.385. The van der Waals surface area contributed by atoms with Gasteiger partial charge in [0.25, 0.3) is 0 Å². The highest BCUT2D eigenvalue weighted by molar-refractivity contribution is 5.56. The Balaban J connectivity index is 1.83. The van der Waals surface area contributed by atoms with Crippen LogP contribution in [0.1, 0.15) is 17.5 Å². The van der Waals surface area contributed by atoms with Crippen molar-refractivity contribution in [3.8, 4) is 0 Å². The molecule has 0 fully saturated rings. The zero-order chi connectivity index (χ0) is 14.1. The summed E-state index contributed by atoms with van der Waals surface area (Å²) in [5.41, 5.74) is 3.85. The molecule has 1 aliphatic heterocycles. The number of anilines is 1. The van der Waals surface area contributed by atoms with E-state index in [2.05, 4.69) is 35.1 Å². The van der Waals surface area contributed by atoms with E-state index in [-0.39, 0.29) is 5.69 Å². The molecular weight excluding hydrogens is 256 g/mol. The second-order valence-electron chi connectivity index (χ2n) is 5.14. The first-order chi connectivity index (χ1) is 9.63. The van der Waals surface area contributed by atoms with E-state index in [4.69, 9.17) is 0 Å². The number of nitrogens with zero attached hydrogens (tertiary/aromatic N) is 4. The van der Waals surface area contributed by atoms with Crippen LogP contribution in [0.4, 0.5) is 11.4 Å². The Bertz CT molecular complexity index is 650. The lowest BCUT2D eigenvalue weighted by Crippen LogP contribution is -2.31. The SMILES string of the molecule is Cc1ccc2c(c1)CCCN2Cn1cc([N+](=O)[O-])cn1. The van der Waals surface area contributed by atoms with E-state index < -0.39 is 4.92 Å². The predicted octanol–water partition coefficient (Wildman–Crippen LogP) is 2.51. The van der Waals surface area contributed by atoms with E-state index in [0.29, 0.717) is 6.67 Å². The molecular formula is C14H16N4O2. The summed E-state index contributed by atoms with van der Waals surface area (Å²) in [6.07, 6.45) is 4.95. The molecule has 6 heteroatoms. The topological polar surface area (TPSA) is 64.2 Å². The van der Waals surface area contributed by atoms with Crippen LogP contribution < -0.4 is 4.90 Å². The first kappa shape index (κ1) is 12.7. The Kier molecular flexibility index (Phi) is 3.14. The van der Waals surface area contributed by atoms with Gasteiger partial charge in [-0.1, -0.05) is 17.7 Å². The van der Waals surface area contributed by atoms with Crippen molar-refractivity contribution in [1.82, 2.24) is 9.78 Å². The molecule has 3 rings (SSSR count). The van der Waals surface area contributed by atoms with Gasteiger partial charge in [-0.2, -0.15) is 5.10 Å². The van der Waals surface area contributed by atoms with Crippen molar-refractivity contribution in [1.29, 1.82) is 0 Å². The largest absolute Gasteiger partial charge is 0.352 e. The molecule has 0 saturated carbocycles. The lowest BCUT2D eigenvalue weighted by atomic mass is 10.00. The molecule has 1 aromatic carbocycles. The molecule has 0 radical (unpaired) electrons. The third kappa shape index (κ3) is 2.36. The van der Waals surface area contributed by atoms with Crippen LogP contribution in [0.5, 0.6) is 0 Å². The van der Waals surface area contributed by atoms with Crippen LogP contribution in [0.3, 0.4) is 0 Å². The molecule has 0 spiro atoms. The second kappa shape index (κ2) is 4.96. The maximum absolute atomic E-state index is 10.7. The van der Waals surface area contributed by atoms with E-state index in [1.807, 2.05) is 0 Å². The number of aryl methyl sites for hydroxylation is 2. The van der Waals surface area contributed by atoms with Gasteiger partial charge in [-0.3, -0.25) is 10.1 Å². The first-order valence-electron chi connectivity index (χ1n) is 6.65. The van der Waals surface area contributed by atoms with Gasteiger partial charge in [0.2, 0.25) is 0 Å². The zero-order valence-corrected chi connectivity index (χ0v) is 11.3. The van der Waals surface area contributed by atoms with Crippen molar-refractivity contribution < 1.29 is 4.92 Å². The minimum atomic E-state index is -0.420. The average Bonchev–Trinajstić information content (AvgIpc) is 2.87. The van der Waals surface area contributed by atoms with Gasteiger partial charge in [0, 0.05) is 12.2 Å². The van der Waals surface area contributed by atoms with Gasteiger partial charge in [-0.15, -0.1) is 0 Å². The molecule has 0 saturated heterocycles. The number of hydrogen-bond acceptors (Lipinski definition) is 4. The third-order valence-corrected chi connectivity index (χ3v) is 3.60. The molecule has 1 aromatic heterocycles. The first-order valence-corrected chi connectivity index (χ1v) is 6.65. The molecule has 0 N–H and O–H groups in total. The molecule has 0 unspecified atom stereocenters. The highest BCUT2D eigenvalue weighted by Crippen LogP contribution is 2.28. The summed E-state index contributed by atoms with van der Waals surface area (Å²) in [5.74, 6) is 0. The van der Waals surface area contributed by atoms with E-state index in [1.165, 1.54) is 29.2 Å². The predicted molar refractivity (Wildman–Crippen MR) is 75.7 cm³/mol.